The molecular weight excluding hydrogens is 388 g/mol. The van der Waals surface area contributed by atoms with Gasteiger partial charge in [0.25, 0.3) is 5.56 Å². The van der Waals surface area contributed by atoms with Crippen molar-refractivity contribution in [3.63, 3.8) is 0 Å². The van der Waals surface area contributed by atoms with Crippen molar-refractivity contribution in [2.75, 3.05) is 5.32 Å². The van der Waals surface area contributed by atoms with Crippen LogP contribution >= 0.6 is 0 Å². The normalized spacial score (nSPS) is 11.4. The van der Waals surface area contributed by atoms with Crippen LogP contribution in [0.5, 0.6) is 0 Å². The van der Waals surface area contributed by atoms with Gasteiger partial charge in [0.05, 0.1) is 17.2 Å². The minimum Gasteiger partial charge on any atom is -0.341 e. The van der Waals surface area contributed by atoms with Crippen molar-refractivity contribution < 1.29 is 4.79 Å². The number of benzene rings is 3. The molecule has 0 bridgehead atoms. The van der Waals surface area contributed by atoms with E-state index in [0.717, 1.165) is 23.1 Å². The Bertz CT molecular complexity index is 1500. The number of fused-ring (bicyclic) bond motifs is 4. The molecule has 0 spiro atoms. The van der Waals surface area contributed by atoms with E-state index >= 15 is 0 Å². The zero-order chi connectivity index (χ0) is 21.4. The molecule has 6 nitrogen and oxygen atoms in total. The van der Waals surface area contributed by atoms with E-state index in [2.05, 4.69) is 33.9 Å². The lowest BCUT2D eigenvalue weighted by molar-refractivity contribution is -0.116. The Morgan fingerprint density at radius 1 is 0.935 bits per heavy atom. The Hall–Kier alpha value is -3.93. The summed E-state index contributed by atoms with van der Waals surface area (Å²) < 4.78 is 3.76. The number of hydrogen-bond donors (Lipinski definition) is 1. The number of nitrogens with zero attached hydrogens (tertiary/aromatic N) is 3. The van der Waals surface area contributed by atoms with Crippen LogP contribution in [0.2, 0.25) is 0 Å². The van der Waals surface area contributed by atoms with E-state index in [-0.39, 0.29) is 24.4 Å². The molecule has 0 saturated heterocycles. The van der Waals surface area contributed by atoms with Crippen molar-refractivity contribution in [1.29, 1.82) is 0 Å². The summed E-state index contributed by atoms with van der Waals surface area (Å²) in [6, 6.07) is 21.5. The Labute approximate surface area is 178 Å². The van der Waals surface area contributed by atoms with Crippen molar-refractivity contribution in [2.45, 2.75) is 26.4 Å². The molecule has 0 radical (unpaired) electrons. The molecule has 0 aliphatic rings. The number of carbonyl (C=O) groups excluding carboxylic acids is 1. The number of hydrogen-bond acceptors (Lipinski definition) is 3. The maximum atomic E-state index is 12.6. The third kappa shape index (κ3) is 3.36. The van der Waals surface area contributed by atoms with E-state index in [1.807, 2.05) is 42.5 Å². The number of nitrogens with one attached hydrogen (secondary N) is 1. The van der Waals surface area contributed by atoms with Gasteiger partial charge in [-0.05, 0) is 43.3 Å². The molecule has 0 fully saturated rings. The first-order valence-electron chi connectivity index (χ1n) is 10.4. The highest BCUT2D eigenvalue weighted by Gasteiger charge is 2.11. The molecule has 154 valence electrons. The summed E-state index contributed by atoms with van der Waals surface area (Å²) in [5, 5.41) is 5.81. The first kappa shape index (κ1) is 19.1. The molecule has 31 heavy (non-hydrogen) atoms. The van der Waals surface area contributed by atoms with Crippen LogP contribution in [0.15, 0.2) is 77.9 Å². The molecule has 1 N–H and O–H groups in total. The molecule has 5 aromatic rings. The average molecular weight is 410 g/mol. The summed E-state index contributed by atoms with van der Waals surface area (Å²) in [6.45, 7) is 3.29. The Morgan fingerprint density at radius 2 is 1.68 bits per heavy atom. The molecule has 5 rings (SSSR count). The van der Waals surface area contributed by atoms with Gasteiger partial charge in [-0.1, -0.05) is 30.3 Å². The van der Waals surface area contributed by atoms with Crippen LogP contribution in [-0.4, -0.2) is 20.0 Å². The third-order valence-electron chi connectivity index (χ3n) is 5.68. The minimum absolute atomic E-state index is 0.132. The van der Waals surface area contributed by atoms with E-state index in [1.165, 1.54) is 21.8 Å². The van der Waals surface area contributed by atoms with Gasteiger partial charge in [0.15, 0.2) is 0 Å². The predicted molar refractivity (Wildman–Crippen MR) is 124 cm³/mol. The van der Waals surface area contributed by atoms with Crippen molar-refractivity contribution >= 4 is 44.3 Å². The second-order valence-electron chi connectivity index (χ2n) is 7.55. The van der Waals surface area contributed by atoms with Crippen molar-refractivity contribution in [3.05, 3.63) is 83.4 Å². The van der Waals surface area contributed by atoms with Crippen LogP contribution in [0, 0.1) is 0 Å². The first-order valence-corrected chi connectivity index (χ1v) is 10.4. The number of aromatic nitrogens is 3. The zero-order valence-electron chi connectivity index (χ0n) is 17.2. The molecule has 2 aromatic heterocycles. The average Bonchev–Trinajstić information content (AvgIpc) is 3.12. The number of aryl methyl sites for hydroxylation is 2. The minimum atomic E-state index is -0.140. The Balaban J connectivity index is 1.37. The third-order valence-corrected chi connectivity index (χ3v) is 5.68. The number of para-hydroxylation sites is 2. The van der Waals surface area contributed by atoms with Crippen LogP contribution in [0.25, 0.3) is 32.7 Å². The maximum Gasteiger partial charge on any atom is 0.261 e. The van der Waals surface area contributed by atoms with Gasteiger partial charge >= 0.3 is 0 Å². The first-order chi connectivity index (χ1) is 15.2. The van der Waals surface area contributed by atoms with E-state index in [9.17, 15) is 9.59 Å². The molecular formula is C25H22N4O2. The van der Waals surface area contributed by atoms with Gasteiger partial charge in [-0.3, -0.25) is 14.2 Å². The monoisotopic (exact) mass is 410 g/mol. The number of rotatable bonds is 5. The van der Waals surface area contributed by atoms with E-state index in [4.69, 9.17) is 0 Å². The van der Waals surface area contributed by atoms with Gasteiger partial charge in [-0.15, -0.1) is 0 Å². The van der Waals surface area contributed by atoms with Crippen LogP contribution < -0.4 is 10.9 Å². The summed E-state index contributed by atoms with van der Waals surface area (Å²) >= 11 is 0. The van der Waals surface area contributed by atoms with E-state index in [1.54, 1.807) is 12.1 Å². The Kier molecular flexibility index (Phi) is 4.75. The fraction of sp³-hybridized carbons (Fsp3) is 0.160. The molecule has 0 saturated carbocycles. The van der Waals surface area contributed by atoms with Crippen LogP contribution in [-0.2, 0) is 17.9 Å². The van der Waals surface area contributed by atoms with E-state index < -0.39 is 0 Å². The lowest BCUT2D eigenvalue weighted by atomic mass is 10.1. The lowest BCUT2D eigenvalue weighted by Crippen LogP contribution is -2.23. The summed E-state index contributed by atoms with van der Waals surface area (Å²) in [6.07, 6.45) is 1.69. The quantitative estimate of drug-likeness (QED) is 0.462. The second-order valence-corrected chi connectivity index (χ2v) is 7.55. The van der Waals surface area contributed by atoms with Crippen LogP contribution in [0.1, 0.15) is 13.3 Å². The summed E-state index contributed by atoms with van der Waals surface area (Å²) in [4.78, 5) is 29.5. The van der Waals surface area contributed by atoms with Crippen LogP contribution in [0.3, 0.4) is 0 Å². The molecule has 2 heterocycles. The number of amides is 1. The standard InChI is InChI=1S/C25H22N4O2/c1-2-29-22-10-6-4-7-18(22)20-15-17(11-12-23(20)29)27-24(30)13-14-28-16-26-21-9-5-3-8-19(21)25(28)31/h3-12,15-16H,2,13-14H2,1H3,(H,27,30). The van der Waals surface area contributed by atoms with Gasteiger partial charge < -0.3 is 9.88 Å². The molecule has 6 heteroatoms. The number of carbonyl (C=O) groups is 1. The molecule has 0 aliphatic carbocycles. The van der Waals surface area contributed by atoms with Crippen molar-refractivity contribution in [1.82, 2.24) is 14.1 Å². The molecule has 0 atom stereocenters. The van der Waals surface area contributed by atoms with Gasteiger partial charge in [-0.2, -0.15) is 0 Å². The SMILES string of the molecule is CCn1c2ccccc2c2cc(NC(=O)CCn3cnc4ccccc4c3=O)ccc21. The zero-order valence-corrected chi connectivity index (χ0v) is 17.2. The highest BCUT2D eigenvalue weighted by atomic mass is 16.1. The van der Waals surface area contributed by atoms with Gasteiger partial charge in [0.2, 0.25) is 5.91 Å². The van der Waals surface area contributed by atoms with Crippen LogP contribution in [0.4, 0.5) is 5.69 Å². The van der Waals surface area contributed by atoms with E-state index in [0.29, 0.717) is 10.9 Å². The summed E-state index contributed by atoms with van der Waals surface area (Å²) in [5.74, 6) is -0.140. The summed E-state index contributed by atoms with van der Waals surface area (Å²) in [5.41, 5.74) is 3.61. The lowest BCUT2D eigenvalue weighted by Gasteiger charge is -2.08. The topological polar surface area (TPSA) is 68.9 Å². The fourth-order valence-electron chi connectivity index (χ4n) is 4.18. The predicted octanol–water partition coefficient (Wildman–Crippen LogP) is 4.55. The molecule has 0 unspecified atom stereocenters. The largest absolute Gasteiger partial charge is 0.341 e. The van der Waals surface area contributed by atoms with Crippen molar-refractivity contribution in [3.8, 4) is 0 Å². The Morgan fingerprint density at radius 3 is 2.52 bits per heavy atom. The molecule has 0 aliphatic heterocycles. The highest BCUT2D eigenvalue weighted by molar-refractivity contribution is 6.09. The molecule has 1 amide bonds. The van der Waals surface area contributed by atoms with Gasteiger partial charge in [0.1, 0.15) is 0 Å². The smallest absolute Gasteiger partial charge is 0.261 e. The second kappa shape index (κ2) is 7.72. The molecule has 3 aromatic carbocycles. The van der Waals surface area contributed by atoms with Gasteiger partial charge in [0, 0.05) is 47.0 Å². The maximum absolute atomic E-state index is 12.6. The highest BCUT2D eigenvalue weighted by Crippen LogP contribution is 2.31. The summed E-state index contributed by atoms with van der Waals surface area (Å²) in [7, 11) is 0. The van der Waals surface area contributed by atoms with Gasteiger partial charge in [-0.25, -0.2) is 4.98 Å². The fourth-order valence-corrected chi connectivity index (χ4v) is 4.18. The van der Waals surface area contributed by atoms with Crippen molar-refractivity contribution in [2.24, 2.45) is 0 Å². The number of anilines is 1.